The van der Waals surface area contributed by atoms with Gasteiger partial charge in [-0.3, -0.25) is 0 Å². The van der Waals surface area contributed by atoms with Gasteiger partial charge in [0, 0.05) is 0 Å². The van der Waals surface area contributed by atoms with Crippen LogP contribution in [0.5, 0.6) is 0 Å². The third-order valence-electron chi connectivity index (χ3n) is 1.85. The molecular weight excluding hydrogens is 205 g/mol. The van der Waals surface area contributed by atoms with Crippen molar-refractivity contribution in [3.05, 3.63) is 36.2 Å². The topological polar surface area (TPSA) is 20.2 Å². The number of halogens is 3. The van der Waals surface area contributed by atoms with E-state index < -0.39 is 22.9 Å². The maximum atomic E-state index is 13.5. The van der Waals surface area contributed by atoms with E-state index in [2.05, 4.69) is 6.58 Å². The Labute approximate surface area is 87.6 Å². The Hall–Kier alpha value is -1.03. The SMILES string of the molecule is C=C(F)/C(=C\C=C/C)C(F)(F)C(C)(C)O. The summed E-state index contributed by atoms with van der Waals surface area (Å²) < 4.78 is 39.9. The molecule has 0 fully saturated rings. The number of alkyl halides is 2. The van der Waals surface area contributed by atoms with Gasteiger partial charge in [0.05, 0.1) is 5.57 Å². The van der Waals surface area contributed by atoms with E-state index in [1.807, 2.05) is 0 Å². The van der Waals surface area contributed by atoms with Crippen LogP contribution < -0.4 is 0 Å². The zero-order valence-electron chi connectivity index (χ0n) is 9.02. The summed E-state index contributed by atoms with van der Waals surface area (Å²) in [6.07, 6.45) is 3.64. The van der Waals surface area contributed by atoms with E-state index in [9.17, 15) is 18.3 Å². The van der Waals surface area contributed by atoms with Gasteiger partial charge in [-0.1, -0.05) is 24.8 Å². The number of rotatable bonds is 4. The quantitative estimate of drug-likeness (QED) is 0.720. The lowest BCUT2D eigenvalue weighted by molar-refractivity contribution is -0.134. The first-order valence-electron chi connectivity index (χ1n) is 4.43. The van der Waals surface area contributed by atoms with Crippen molar-refractivity contribution in [1.82, 2.24) is 0 Å². The largest absolute Gasteiger partial charge is 0.384 e. The first-order chi connectivity index (χ1) is 6.64. The Balaban J connectivity index is 5.37. The molecule has 0 aromatic carbocycles. The predicted octanol–water partition coefficient (Wildman–Crippen LogP) is 3.38. The molecule has 15 heavy (non-hydrogen) atoms. The minimum Gasteiger partial charge on any atom is -0.384 e. The molecule has 0 aliphatic heterocycles. The van der Waals surface area contributed by atoms with E-state index in [4.69, 9.17) is 0 Å². The van der Waals surface area contributed by atoms with Crippen LogP contribution >= 0.6 is 0 Å². The molecular formula is C11H15F3O. The van der Waals surface area contributed by atoms with Crippen LogP contribution in [0.15, 0.2) is 36.2 Å². The van der Waals surface area contributed by atoms with Gasteiger partial charge in [-0.2, -0.15) is 8.78 Å². The van der Waals surface area contributed by atoms with E-state index in [1.165, 1.54) is 12.2 Å². The minimum absolute atomic E-state index is 0.903. The number of aliphatic hydroxyl groups is 1. The first-order valence-corrected chi connectivity index (χ1v) is 4.43. The maximum absolute atomic E-state index is 13.5. The van der Waals surface area contributed by atoms with Crippen LogP contribution in [0, 0.1) is 0 Å². The van der Waals surface area contributed by atoms with Gasteiger partial charge in [0.25, 0.3) is 0 Å². The Morgan fingerprint density at radius 2 is 1.80 bits per heavy atom. The minimum atomic E-state index is -3.68. The van der Waals surface area contributed by atoms with E-state index in [-0.39, 0.29) is 0 Å². The Kier molecular flexibility index (Phi) is 4.34. The Morgan fingerprint density at radius 1 is 1.33 bits per heavy atom. The van der Waals surface area contributed by atoms with Crippen LogP contribution in [-0.4, -0.2) is 16.6 Å². The van der Waals surface area contributed by atoms with Gasteiger partial charge in [-0.15, -0.1) is 0 Å². The van der Waals surface area contributed by atoms with Gasteiger partial charge in [0.2, 0.25) is 0 Å². The zero-order valence-corrected chi connectivity index (χ0v) is 9.02. The average Bonchev–Trinajstić information content (AvgIpc) is 2.01. The molecule has 0 amide bonds. The van der Waals surface area contributed by atoms with E-state index in [0.29, 0.717) is 0 Å². The molecule has 0 rings (SSSR count). The second-order valence-electron chi connectivity index (χ2n) is 3.64. The summed E-state index contributed by atoms with van der Waals surface area (Å²) in [5.41, 5.74) is -3.25. The molecule has 0 atom stereocenters. The van der Waals surface area contributed by atoms with Crippen molar-refractivity contribution < 1.29 is 18.3 Å². The molecule has 0 saturated heterocycles. The lowest BCUT2D eigenvalue weighted by atomic mass is 9.92. The summed E-state index contributed by atoms with van der Waals surface area (Å²) in [6, 6.07) is 0. The van der Waals surface area contributed by atoms with E-state index in [0.717, 1.165) is 19.9 Å². The molecule has 0 spiro atoms. The van der Waals surface area contributed by atoms with Crippen molar-refractivity contribution in [1.29, 1.82) is 0 Å². The molecule has 1 N–H and O–H groups in total. The van der Waals surface area contributed by atoms with Crippen LogP contribution in [0.4, 0.5) is 13.2 Å². The van der Waals surface area contributed by atoms with Crippen molar-refractivity contribution in [2.45, 2.75) is 32.3 Å². The molecule has 0 radical (unpaired) electrons. The van der Waals surface area contributed by atoms with Crippen LogP contribution in [-0.2, 0) is 0 Å². The fourth-order valence-electron chi connectivity index (χ4n) is 0.887. The van der Waals surface area contributed by atoms with Crippen LogP contribution in [0.3, 0.4) is 0 Å². The van der Waals surface area contributed by atoms with Crippen molar-refractivity contribution in [3.8, 4) is 0 Å². The second kappa shape index (κ2) is 4.66. The van der Waals surface area contributed by atoms with Crippen molar-refractivity contribution in [2.24, 2.45) is 0 Å². The zero-order chi connectivity index (χ0) is 12.3. The maximum Gasteiger partial charge on any atom is 0.303 e. The van der Waals surface area contributed by atoms with Crippen molar-refractivity contribution >= 4 is 0 Å². The van der Waals surface area contributed by atoms with Crippen LogP contribution in [0.25, 0.3) is 0 Å². The molecule has 0 aromatic rings. The van der Waals surface area contributed by atoms with Crippen LogP contribution in [0.2, 0.25) is 0 Å². The summed E-state index contributed by atoms with van der Waals surface area (Å²) in [7, 11) is 0. The van der Waals surface area contributed by atoms with Gasteiger partial charge in [0.1, 0.15) is 11.4 Å². The second-order valence-corrected chi connectivity index (χ2v) is 3.64. The lowest BCUT2D eigenvalue weighted by Gasteiger charge is -2.30. The Bertz CT molecular complexity index is 295. The molecule has 0 saturated carbocycles. The van der Waals surface area contributed by atoms with E-state index >= 15 is 0 Å². The van der Waals surface area contributed by atoms with Gasteiger partial charge >= 0.3 is 5.92 Å². The summed E-state index contributed by atoms with van der Waals surface area (Å²) >= 11 is 0. The Morgan fingerprint density at radius 3 is 2.07 bits per heavy atom. The molecule has 0 aromatic heterocycles. The smallest absolute Gasteiger partial charge is 0.303 e. The highest BCUT2D eigenvalue weighted by atomic mass is 19.3. The summed E-state index contributed by atoms with van der Waals surface area (Å²) in [4.78, 5) is 0. The molecule has 0 bridgehead atoms. The third-order valence-corrected chi connectivity index (χ3v) is 1.85. The summed E-state index contributed by atoms with van der Waals surface area (Å²) in [5.74, 6) is -4.93. The summed E-state index contributed by atoms with van der Waals surface area (Å²) in [5, 5.41) is 9.24. The van der Waals surface area contributed by atoms with E-state index in [1.54, 1.807) is 6.92 Å². The van der Waals surface area contributed by atoms with Gasteiger partial charge in [-0.25, -0.2) is 4.39 Å². The summed E-state index contributed by atoms with van der Waals surface area (Å²) in [6.45, 7) is 6.27. The number of allylic oxidation sites excluding steroid dienone is 4. The predicted molar refractivity (Wildman–Crippen MR) is 54.4 cm³/mol. The van der Waals surface area contributed by atoms with Gasteiger partial charge in [0.15, 0.2) is 0 Å². The number of hydrogen-bond donors (Lipinski definition) is 1. The molecule has 0 aliphatic rings. The van der Waals surface area contributed by atoms with Crippen molar-refractivity contribution in [3.63, 3.8) is 0 Å². The van der Waals surface area contributed by atoms with Crippen LogP contribution in [0.1, 0.15) is 20.8 Å². The fraction of sp³-hybridized carbons (Fsp3) is 0.455. The van der Waals surface area contributed by atoms with Crippen molar-refractivity contribution in [2.75, 3.05) is 0 Å². The third kappa shape index (κ3) is 3.23. The average molecular weight is 220 g/mol. The number of hydrogen-bond acceptors (Lipinski definition) is 1. The molecule has 0 heterocycles. The molecule has 1 nitrogen and oxygen atoms in total. The first kappa shape index (κ1) is 14.0. The van der Waals surface area contributed by atoms with Gasteiger partial charge in [-0.05, 0) is 20.8 Å². The highest BCUT2D eigenvalue weighted by molar-refractivity contribution is 5.35. The molecule has 0 unspecified atom stereocenters. The molecule has 86 valence electrons. The highest BCUT2D eigenvalue weighted by Gasteiger charge is 2.49. The standard InChI is InChI=1S/C11H15F3O/c1-5-6-7-9(8(2)12)11(13,14)10(3,4)15/h5-7,15H,2H2,1,3-4H3/b6-5-,9-7+. The monoisotopic (exact) mass is 220 g/mol. The highest BCUT2D eigenvalue weighted by Crippen LogP contribution is 2.38. The van der Waals surface area contributed by atoms with Gasteiger partial charge < -0.3 is 5.11 Å². The fourth-order valence-corrected chi connectivity index (χ4v) is 0.887. The molecule has 4 heteroatoms. The normalized spacial score (nSPS) is 14.7. The molecule has 0 aliphatic carbocycles. The lowest BCUT2D eigenvalue weighted by Crippen LogP contribution is -2.44.